The van der Waals surface area contributed by atoms with Crippen LogP contribution in [-0.2, 0) is 14.3 Å². The van der Waals surface area contributed by atoms with E-state index in [9.17, 15) is 19.5 Å². The molecule has 186 valence electrons. The van der Waals surface area contributed by atoms with E-state index in [1.165, 1.54) is 11.1 Å². The average molecular weight is 479 g/mol. The van der Waals surface area contributed by atoms with E-state index in [0.717, 1.165) is 24.0 Å². The Bertz CT molecular complexity index is 1040. The first-order valence-corrected chi connectivity index (χ1v) is 12.5. The van der Waals surface area contributed by atoms with Crippen molar-refractivity contribution in [1.82, 2.24) is 10.6 Å². The molecular weight excluding hydrogens is 444 g/mol. The molecule has 0 bridgehead atoms. The molecule has 7 heteroatoms. The van der Waals surface area contributed by atoms with Crippen LogP contribution in [0.5, 0.6) is 0 Å². The van der Waals surface area contributed by atoms with Gasteiger partial charge in [0.25, 0.3) is 0 Å². The predicted molar refractivity (Wildman–Crippen MR) is 133 cm³/mol. The Morgan fingerprint density at radius 2 is 1.63 bits per heavy atom. The number of carbonyl (C=O) groups excluding carboxylic acids is 2. The van der Waals surface area contributed by atoms with E-state index in [0.29, 0.717) is 19.3 Å². The monoisotopic (exact) mass is 478 g/mol. The van der Waals surface area contributed by atoms with E-state index in [1.807, 2.05) is 38.1 Å². The lowest BCUT2D eigenvalue weighted by Gasteiger charge is -2.30. The van der Waals surface area contributed by atoms with Crippen molar-refractivity contribution in [3.05, 3.63) is 59.7 Å². The molecule has 3 N–H and O–H groups in total. The van der Waals surface area contributed by atoms with Gasteiger partial charge in [0.1, 0.15) is 12.6 Å². The van der Waals surface area contributed by atoms with Crippen molar-refractivity contribution >= 4 is 18.0 Å². The van der Waals surface area contributed by atoms with E-state index >= 15 is 0 Å². The van der Waals surface area contributed by atoms with Crippen LogP contribution in [0.25, 0.3) is 11.1 Å². The highest BCUT2D eigenvalue weighted by Crippen LogP contribution is 2.44. The highest BCUT2D eigenvalue weighted by Gasteiger charge is 2.32. The summed E-state index contributed by atoms with van der Waals surface area (Å²) in [4.78, 5) is 36.9. The van der Waals surface area contributed by atoms with Crippen LogP contribution < -0.4 is 10.6 Å². The fraction of sp³-hybridized carbons (Fsp3) is 0.464. The second-order valence-electron chi connectivity index (χ2n) is 10.1. The van der Waals surface area contributed by atoms with Crippen molar-refractivity contribution in [3.8, 4) is 11.1 Å². The van der Waals surface area contributed by atoms with Gasteiger partial charge >= 0.3 is 12.1 Å². The van der Waals surface area contributed by atoms with Gasteiger partial charge in [-0.1, -0.05) is 68.8 Å². The lowest BCUT2D eigenvalue weighted by Crippen LogP contribution is -2.47. The van der Waals surface area contributed by atoms with Crippen molar-refractivity contribution in [1.29, 1.82) is 0 Å². The number of rotatable bonds is 8. The van der Waals surface area contributed by atoms with Crippen LogP contribution >= 0.6 is 0 Å². The van der Waals surface area contributed by atoms with Crippen LogP contribution in [0.2, 0.25) is 0 Å². The third-order valence-electron chi connectivity index (χ3n) is 7.03. The number of hydrogen-bond acceptors (Lipinski definition) is 4. The standard InChI is InChI=1S/C28H34N2O5/c1-17(2)14-25(27(32)33)30-26(31)18-8-7-9-19(15-18)29-28(34)35-16-24-22-12-5-3-10-20(22)21-11-4-6-13-23(21)24/h3-6,10-13,17-19,24-25H,7-9,14-16H2,1-2H3,(H,29,34)(H,30,31)(H,32,33)/t18?,19?,25-/m1/s1. The molecule has 1 fully saturated rings. The summed E-state index contributed by atoms with van der Waals surface area (Å²) in [6.07, 6.45) is 2.61. The Kier molecular flexibility index (Phi) is 7.73. The van der Waals surface area contributed by atoms with E-state index in [-0.39, 0.29) is 36.3 Å². The van der Waals surface area contributed by atoms with Crippen molar-refractivity contribution in [2.45, 2.75) is 64.0 Å². The molecule has 2 unspecified atom stereocenters. The SMILES string of the molecule is CC(C)C[C@@H](NC(=O)C1CCCC(NC(=O)OCC2c3ccccc3-c3ccccc32)C1)C(=O)O. The van der Waals surface area contributed by atoms with Crippen molar-refractivity contribution < 1.29 is 24.2 Å². The summed E-state index contributed by atoms with van der Waals surface area (Å²) in [5.41, 5.74) is 4.67. The highest BCUT2D eigenvalue weighted by atomic mass is 16.5. The zero-order valence-electron chi connectivity index (χ0n) is 20.3. The number of nitrogens with one attached hydrogen (secondary N) is 2. The lowest BCUT2D eigenvalue weighted by atomic mass is 9.85. The molecule has 0 aliphatic heterocycles. The second-order valence-corrected chi connectivity index (χ2v) is 10.1. The summed E-state index contributed by atoms with van der Waals surface area (Å²) in [5, 5.41) is 15.0. The van der Waals surface area contributed by atoms with Gasteiger partial charge in [-0.05, 0) is 53.9 Å². The lowest BCUT2D eigenvalue weighted by molar-refractivity contribution is -0.143. The minimum absolute atomic E-state index is 0.00746. The molecule has 3 atom stereocenters. The predicted octanol–water partition coefficient (Wildman–Crippen LogP) is 4.70. The molecule has 0 radical (unpaired) electrons. The number of amides is 2. The molecule has 2 aromatic carbocycles. The minimum atomic E-state index is -1.02. The number of carbonyl (C=O) groups is 3. The fourth-order valence-corrected chi connectivity index (χ4v) is 5.35. The molecule has 2 aliphatic carbocycles. The Morgan fingerprint density at radius 3 is 2.23 bits per heavy atom. The minimum Gasteiger partial charge on any atom is -0.480 e. The third-order valence-corrected chi connectivity index (χ3v) is 7.03. The van der Waals surface area contributed by atoms with Crippen LogP contribution in [0.1, 0.15) is 63.0 Å². The Balaban J connectivity index is 1.31. The number of aliphatic carboxylic acids is 1. The van der Waals surface area contributed by atoms with Gasteiger partial charge in [0.2, 0.25) is 5.91 Å². The number of fused-ring (bicyclic) bond motifs is 3. The maximum Gasteiger partial charge on any atom is 0.407 e. The summed E-state index contributed by atoms with van der Waals surface area (Å²) >= 11 is 0. The topological polar surface area (TPSA) is 105 Å². The molecule has 0 aromatic heterocycles. The van der Waals surface area contributed by atoms with Gasteiger partial charge in [0.15, 0.2) is 0 Å². The number of carboxylic acids is 1. The number of ether oxygens (including phenoxy) is 1. The normalized spacial score (nSPS) is 20.0. The average Bonchev–Trinajstić information content (AvgIpc) is 3.16. The summed E-state index contributed by atoms with van der Waals surface area (Å²) in [6, 6.07) is 15.3. The van der Waals surface area contributed by atoms with E-state index < -0.39 is 18.1 Å². The van der Waals surface area contributed by atoms with Gasteiger partial charge < -0.3 is 20.5 Å². The molecule has 35 heavy (non-hydrogen) atoms. The molecule has 7 nitrogen and oxygen atoms in total. The number of alkyl carbamates (subject to hydrolysis) is 1. The van der Waals surface area contributed by atoms with Crippen molar-refractivity contribution in [3.63, 3.8) is 0 Å². The molecular formula is C28H34N2O5. The molecule has 0 spiro atoms. The first-order valence-electron chi connectivity index (χ1n) is 12.5. The molecule has 4 rings (SSSR count). The summed E-state index contributed by atoms with van der Waals surface area (Å²) in [6.45, 7) is 4.10. The highest BCUT2D eigenvalue weighted by molar-refractivity contribution is 5.85. The largest absolute Gasteiger partial charge is 0.480 e. The van der Waals surface area contributed by atoms with Crippen LogP contribution in [0.3, 0.4) is 0 Å². The third kappa shape index (κ3) is 5.84. The Hall–Kier alpha value is -3.35. The second kappa shape index (κ2) is 10.9. The summed E-state index contributed by atoms with van der Waals surface area (Å²) in [7, 11) is 0. The van der Waals surface area contributed by atoms with Gasteiger partial charge in [-0.2, -0.15) is 0 Å². The van der Waals surface area contributed by atoms with Gasteiger partial charge in [-0.3, -0.25) is 4.79 Å². The van der Waals surface area contributed by atoms with E-state index in [1.54, 1.807) is 0 Å². The zero-order chi connectivity index (χ0) is 24.9. The maximum atomic E-state index is 12.7. The smallest absolute Gasteiger partial charge is 0.407 e. The summed E-state index contributed by atoms with van der Waals surface area (Å²) < 4.78 is 5.65. The summed E-state index contributed by atoms with van der Waals surface area (Å²) in [5.74, 6) is -1.44. The molecule has 2 aromatic rings. The first-order chi connectivity index (χ1) is 16.8. The van der Waals surface area contributed by atoms with Crippen LogP contribution in [0, 0.1) is 11.8 Å². The quantitative estimate of drug-likeness (QED) is 0.510. The van der Waals surface area contributed by atoms with Gasteiger partial charge in [-0.15, -0.1) is 0 Å². The van der Waals surface area contributed by atoms with Crippen LogP contribution in [-0.4, -0.2) is 41.8 Å². The Labute approximate surface area is 206 Å². The van der Waals surface area contributed by atoms with Gasteiger partial charge in [0.05, 0.1) is 0 Å². The van der Waals surface area contributed by atoms with Gasteiger partial charge in [0, 0.05) is 17.9 Å². The maximum absolute atomic E-state index is 12.7. The van der Waals surface area contributed by atoms with Crippen LogP contribution in [0.4, 0.5) is 4.79 Å². The molecule has 0 heterocycles. The number of hydrogen-bond donors (Lipinski definition) is 3. The number of carboxylic acid groups (broad SMARTS) is 1. The van der Waals surface area contributed by atoms with Crippen LogP contribution in [0.15, 0.2) is 48.5 Å². The number of benzene rings is 2. The van der Waals surface area contributed by atoms with Crippen molar-refractivity contribution in [2.24, 2.45) is 11.8 Å². The molecule has 2 aliphatic rings. The zero-order valence-corrected chi connectivity index (χ0v) is 20.3. The van der Waals surface area contributed by atoms with Crippen molar-refractivity contribution in [2.75, 3.05) is 6.61 Å². The molecule has 2 amide bonds. The first kappa shape index (κ1) is 24.8. The van der Waals surface area contributed by atoms with E-state index in [2.05, 4.69) is 34.9 Å². The van der Waals surface area contributed by atoms with E-state index in [4.69, 9.17) is 4.74 Å². The fourth-order valence-electron chi connectivity index (χ4n) is 5.35. The molecule has 1 saturated carbocycles. The van der Waals surface area contributed by atoms with Gasteiger partial charge in [-0.25, -0.2) is 9.59 Å². The Morgan fingerprint density at radius 1 is 1.00 bits per heavy atom. The molecule has 0 saturated heterocycles.